The Balaban J connectivity index is 1.78. The first-order valence-electron chi connectivity index (χ1n) is 6.78. The van der Waals surface area contributed by atoms with Crippen molar-refractivity contribution in [1.29, 1.82) is 0 Å². The minimum absolute atomic E-state index is 0.225. The van der Waals surface area contributed by atoms with Gasteiger partial charge in [-0.25, -0.2) is 0 Å². The van der Waals surface area contributed by atoms with Gasteiger partial charge in [-0.05, 0) is 31.0 Å². The van der Waals surface area contributed by atoms with Crippen LogP contribution in [0.1, 0.15) is 23.2 Å². The van der Waals surface area contributed by atoms with Crippen molar-refractivity contribution in [1.82, 2.24) is 10.4 Å². The molecule has 7 heteroatoms. The second kappa shape index (κ2) is 5.74. The number of carbonyl (C=O) groups excluding carboxylic acids is 3. The maximum Gasteiger partial charge on any atom is 0.270 e. The lowest BCUT2D eigenvalue weighted by atomic mass is 9.85. The highest BCUT2D eigenvalue weighted by Gasteiger charge is 2.48. The van der Waals surface area contributed by atoms with Crippen LogP contribution >= 0.6 is 23.2 Å². The Kier molecular flexibility index (Phi) is 3.93. The lowest BCUT2D eigenvalue weighted by Gasteiger charge is -2.16. The summed E-state index contributed by atoms with van der Waals surface area (Å²) >= 11 is 11.7. The van der Waals surface area contributed by atoms with Crippen LogP contribution in [-0.2, 0) is 9.59 Å². The van der Waals surface area contributed by atoms with Gasteiger partial charge in [0.05, 0.1) is 21.9 Å². The Morgan fingerprint density at radius 2 is 1.64 bits per heavy atom. The monoisotopic (exact) mass is 338 g/mol. The standard InChI is InChI=1S/C15H12Cl2N2O3/c16-11-6-5-8(7-12(11)17)13(20)18-19-14(21)9-3-1-2-4-10(9)15(19)22/h1-2,5-7,9-10H,3-4H2,(H,18,20)/t9-,10-/m1/s1. The van der Waals surface area contributed by atoms with E-state index in [1.54, 1.807) is 0 Å². The third-order valence-corrected chi connectivity index (χ3v) is 4.64. The zero-order valence-electron chi connectivity index (χ0n) is 11.4. The number of rotatable bonds is 2. The average molecular weight is 339 g/mol. The number of carbonyl (C=O) groups is 3. The van der Waals surface area contributed by atoms with E-state index in [0.29, 0.717) is 17.9 Å². The van der Waals surface area contributed by atoms with Crippen molar-refractivity contribution in [3.63, 3.8) is 0 Å². The fraction of sp³-hybridized carbons (Fsp3) is 0.267. The third-order valence-electron chi connectivity index (χ3n) is 3.90. The molecule has 22 heavy (non-hydrogen) atoms. The van der Waals surface area contributed by atoms with Crippen LogP contribution in [-0.4, -0.2) is 22.7 Å². The fourth-order valence-electron chi connectivity index (χ4n) is 2.71. The van der Waals surface area contributed by atoms with Gasteiger partial charge in [0.25, 0.3) is 17.7 Å². The predicted octanol–water partition coefficient (Wildman–Crippen LogP) is 2.59. The van der Waals surface area contributed by atoms with Crippen molar-refractivity contribution in [3.05, 3.63) is 46.0 Å². The molecular weight excluding hydrogens is 327 g/mol. The third kappa shape index (κ3) is 2.51. The molecule has 1 aliphatic heterocycles. The molecule has 1 saturated heterocycles. The number of nitrogens with one attached hydrogen (secondary N) is 1. The number of nitrogens with zero attached hydrogens (tertiary/aromatic N) is 1. The van der Waals surface area contributed by atoms with Gasteiger partial charge in [0.15, 0.2) is 0 Å². The number of allylic oxidation sites excluding steroid dienone is 2. The molecule has 0 bridgehead atoms. The summed E-state index contributed by atoms with van der Waals surface area (Å²) < 4.78 is 0. The van der Waals surface area contributed by atoms with E-state index in [1.165, 1.54) is 18.2 Å². The summed E-state index contributed by atoms with van der Waals surface area (Å²) in [6.07, 6.45) is 4.82. The Morgan fingerprint density at radius 3 is 2.18 bits per heavy atom. The van der Waals surface area contributed by atoms with Gasteiger partial charge >= 0.3 is 0 Å². The minimum atomic E-state index is -0.577. The summed E-state index contributed by atoms with van der Waals surface area (Å²) in [5, 5.41) is 1.38. The van der Waals surface area contributed by atoms with Crippen LogP contribution < -0.4 is 5.43 Å². The van der Waals surface area contributed by atoms with Gasteiger partial charge < -0.3 is 0 Å². The molecule has 0 aromatic heterocycles. The molecule has 1 aliphatic carbocycles. The zero-order valence-corrected chi connectivity index (χ0v) is 12.9. The molecule has 0 unspecified atom stereocenters. The van der Waals surface area contributed by atoms with Crippen LogP contribution in [0.25, 0.3) is 0 Å². The van der Waals surface area contributed by atoms with E-state index in [9.17, 15) is 14.4 Å². The molecule has 1 N–H and O–H groups in total. The summed E-state index contributed by atoms with van der Waals surface area (Å²) in [5.74, 6) is -2.08. The maximum absolute atomic E-state index is 12.2. The lowest BCUT2D eigenvalue weighted by molar-refractivity contribution is -0.142. The first-order chi connectivity index (χ1) is 10.5. The molecule has 1 fully saturated rings. The predicted molar refractivity (Wildman–Crippen MR) is 81.1 cm³/mol. The van der Waals surface area contributed by atoms with Crippen molar-refractivity contribution in [2.45, 2.75) is 12.8 Å². The number of amides is 3. The van der Waals surface area contributed by atoms with E-state index in [-0.39, 0.29) is 34.2 Å². The van der Waals surface area contributed by atoms with Crippen LogP contribution in [0, 0.1) is 11.8 Å². The molecule has 1 aromatic carbocycles. The van der Waals surface area contributed by atoms with E-state index in [0.717, 1.165) is 5.01 Å². The SMILES string of the molecule is O=C(NN1C(=O)[C@@H]2CC=CC[C@H]2C1=O)c1ccc(Cl)c(Cl)c1. The van der Waals surface area contributed by atoms with Gasteiger partial charge in [0.1, 0.15) is 0 Å². The molecule has 0 saturated carbocycles. The summed E-state index contributed by atoms with van der Waals surface area (Å²) in [4.78, 5) is 36.7. The average Bonchev–Trinajstić information content (AvgIpc) is 2.75. The molecule has 3 amide bonds. The van der Waals surface area contributed by atoms with Gasteiger partial charge in [-0.2, -0.15) is 5.01 Å². The van der Waals surface area contributed by atoms with E-state index >= 15 is 0 Å². The highest BCUT2D eigenvalue weighted by molar-refractivity contribution is 6.42. The second-order valence-corrected chi connectivity index (χ2v) is 6.05. The molecule has 0 radical (unpaired) electrons. The second-order valence-electron chi connectivity index (χ2n) is 5.24. The van der Waals surface area contributed by atoms with Crippen LogP contribution in [0.4, 0.5) is 0 Å². The molecule has 2 atom stereocenters. The number of halogens is 2. The Morgan fingerprint density at radius 1 is 1.05 bits per heavy atom. The smallest absolute Gasteiger partial charge is 0.270 e. The number of hydrogen-bond acceptors (Lipinski definition) is 3. The van der Waals surface area contributed by atoms with Gasteiger partial charge in [-0.1, -0.05) is 35.4 Å². The normalized spacial score (nSPS) is 23.6. The Hall–Kier alpha value is -1.85. The summed E-state index contributed by atoms with van der Waals surface area (Å²) in [7, 11) is 0. The van der Waals surface area contributed by atoms with Crippen LogP contribution in [0.3, 0.4) is 0 Å². The molecule has 114 valence electrons. The molecule has 5 nitrogen and oxygen atoms in total. The van der Waals surface area contributed by atoms with Crippen LogP contribution in [0.2, 0.25) is 10.0 Å². The quantitative estimate of drug-likeness (QED) is 0.665. The van der Waals surface area contributed by atoms with Crippen molar-refractivity contribution in [2.24, 2.45) is 11.8 Å². The molecule has 1 aromatic rings. The number of hydrazine groups is 1. The lowest BCUT2D eigenvalue weighted by Crippen LogP contribution is -2.46. The Labute approximate surface area is 136 Å². The Bertz CT molecular complexity index is 676. The first-order valence-corrected chi connectivity index (χ1v) is 7.53. The fourth-order valence-corrected chi connectivity index (χ4v) is 3.01. The van der Waals surface area contributed by atoms with Gasteiger partial charge in [0.2, 0.25) is 0 Å². The van der Waals surface area contributed by atoms with Crippen molar-refractivity contribution in [2.75, 3.05) is 0 Å². The highest BCUT2D eigenvalue weighted by atomic mass is 35.5. The first kappa shape index (κ1) is 15.1. The van der Waals surface area contributed by atoms with Gasteiger partial charge in [-0.3, -0.25) is 19.8 Å². The van der Waals surface area contributed by atoms with E-state index in [4.69, 9.17) is 23.2 Å². The largest absolute Gasteiger partial charge is 0.272 e. The van der Waals surface area contributed by atoms with Crippen molar-refractivity contribution >= 4 is 40.9 Å². The number of imide groups is 1. The van der Waals surface area contributed by atoms with E-state index < -0.39 is 5.91 Å². The molecular formula is C15H12Cl2N2O3. The molecule has 0 spiro atoms. The number of hydrogen-bond donors (Lipinski definition) is 1. The van der Waals surface area contributed by atoms with Crippen LogP contribution in [0.15, 0.2) is 30.4 Å². The topological polar surface area (TPSA) is 66.5 Å². The van der Waals surface area contributed by atoms with E-state index in [1.807, 2.05) is 12.2 Å². The van der Waals surface area contributed by atoms with Crippen molar-refractivity contribution in [3.8, 4) is 0 Å². The molecule has 2 aliphatic rings. The zero-order chi connectivity index (χ0) is 15.9. The maximum atomic E-state index is 12.2. The molecule has 3 rings (SSSR count). The molecule has 1 heterocycles. The van der Waals surface area contributed by atoms with Gasteiger partial charge in [-0.15, -0.1) is 0 Å². The summed E-state index contributed by atoms with van der Waals surface area (Å²) in [6, 6.07) is 4.35. The highest BCUT2D eigenvalue weighted by Crippen LogP contribution is 2.34. The summed E-state index contributed by atoms with van der Waals surface area (Å²) in [6.45, 7) is 0. The van der Waals surface area contributed by atoms with Crippen molar-refractivity contribution < 1.29 is 14.4 Å². The van der Waals surface area contributed by atoms with Gasteiger partial charge in [0, 0.05) is 5.56 Å². The minimum Gasteiger partial charge on any atom is -0.272 e. The van der Waals surface area contributed by atoms with Crippen LogP contribution in [0.5, 0.6) is 0 Å². The number of benzene rings is 1. The number of fused-ring (bicyclic) bond motifs is 1. The van der Waals surface area contributed by atoms with E-state index in [2.05, 4.69) is 5.43 Å². The summed E-state index contributed by atoms with van der Waals surface area (Å²) in [5.41, 5.74) is 2.59.